The summed E-state index contributed by atoms with van der Waals surface area (Å²) in [5, 5.41) is 0.681. The maximum absolute atomic E-state index is 12.5. The fraction of sp³-hybridized carbons (Fsp3) is 0.276. The second-order valence-corrected chi connectivity index (χ2v) is 9.08. The Morgan fingerprint density at radius 3 is 2.15 bits per heavy atom. The summed E-state index contributed by atoms with van der Waals surface area (Å²) >= 11 is 5.90. The van der Waals surface area contributed by atoms with Gasteiger partial charge >= 0.3 is 0 Å². The van der Waals surface area contributed by atoms with Gasteiger partial charge in [-0.25, -0.2) is 0 Å². The fourth-order valence-corrected chi connectivity index (χ4v) is 4.30. The number of halogens is 1. The molecular formula is C29H30ClNO2. The van der Waals surface area contributed by atoms with E-state index >= 15 is 0 Å². The van der Waals surface area contributed by atoms with Crippen LogP contribution in [0.2, 0.25) is 5.02 Å². The Bertz CT molecular complexity index is 1070. The minimum absolute atomic E-state index is 0.0251. The number of carbonyl (C=O) groups excluding carboxylic acids is 1. The van der Waals surface area contributed by atoms with Gasteiger partial charge in [-0.1, -0.05) is 72.6 Å². The second kappa shape index (κ2) is 11.3. The molecule has 0 aromatic heterocycles. The first-order chi connectivity index (χ1) is 16.1. The van der Waals surface area contributed by atoms with Gasteiger partial charge in [0.2, 0.25) is 0 Å². The number of ketones is 1. The van der Waals surface area contributed by atoms with Crippen molar-refractivity contribution >= 4 is 23.5 Å². The van der Waals surface area contributed by atoms with Crippen LogP contribution < -0.4 is 4.74 Å². The molecule has 0 N–H and O–H groups in total. The first-order valence-electron chi connectivity index (χ1n) is 11.6. The van der Waals surface area contributed by atoms with E-state index in [9.17, 15) is 4.79 Å². The van der Waals surface area contributed by atoms with Crippen LogP contribution in [0.5, 0.6) is 5.75 Å². The molecule has 1 saturated heterocycles. The van der Waals surface area contributed by atoms with Crippen molar-refractivity contribution < 1.29 is 9.53 Å². The second-order valence-electron chi connectivity index (χ2n) is 8.64. The van der Waals surface area contributed by atoms with Crippen molar-refractivity contribution in [3.8, 4) is 16.9 Å². The number of hydrogen-bond donors (Lipinski definition) is 0. The average Bonchev–Trinajstić information content (AvgIpc) is 2.85. The fourth-order valence-electron chi connectivity index (χ4n) is 4.17. The van der Waals surface area contributed by atoms with Gasteiger partial charge in [-0.05, 0) is 79.9 Å². The minimum atomic E-state index is -0.0251. The average molecular weight is 460 g/mol. The number of piperidine rings is 1. The summed E-state index contributed by atoms with van der Waals surface area (Å²) in [6.07, 6.45) is 7.50. The number of likely N-dealkylation sites (tertiary alicyclic amines) is 1. The minimum Gasteiger partial charge on any atom is -0.489 e. The summed E-state index contributed by atoms with van der Waals surface area (Å²) in [4.78, 5) is 15.0. The molecule has 3 nitrogen and oxygen atoms in total. The van der Waals surface area contributed by atoms with Crippen molar-refractivity contribution in [3.05, 3.63) is 95.0 Å². The van der Waals surface area contributed by atoms with E-state index in [0.717, 1.165) is 29.0 Å². The zero-order valence-electron chi connectivity index (χ0n) is 19.0. The van der Waals surface area contributed by atoms with E-state index in [0.29, 0.717) is 10.6 Å². The number of nitrogens with zero attached hydrogens (tertiary/aromatic N) is 1. The van der Waals surface area contributed by atoms with Crippen LogP contribution in [0.25, 0.3) is 17.2 Å². The molecule has 33 heavy (non-hydrogen) atoms. The number of allylic oxidation sites excluding steroid dienone is 1. The highest BCUT2D eigenvalue weighted by molar-refractivity contribution is 6.30. The summed E-state index contributed by atoms with van der Waals surface area (Å²) in [6.45, 7) is 5.48. The van der Waals surface area contributed by atoms with Gasteiger partial charge in [0.05, 0.1) is 0 Å². The van der Waals surface area contributed by atoms with E-state index in [1.165, 1.54) is 32.4 Å². The maximum atomic E-state index is 12.5. The standard InChI is InChI=1S/C29H30ClNO2/c1-22(21-31-19-3-2-4-20-31)33-28-16-12-25(13-17-28)24-8-10-26(11-9-24)29(32)18-7-23-5-14-27(30)15-6-23/h5-18,22H,2-4,19-21H2,1H3/b18-7+. The van der Waals surface area contributed by atoms with Crippen molar-refractivity contribution in [1.29, 1.82) is 0 Å². The highest BCUT2D eigenvalue weighted by atomic mass is 35.5. The number of hydrogen-bond acceptors (Lipinski definition) is 3. The molecule has 1 aliphatic heterocycles. The molecule has 3 aromatic rings. The summed E-state index contributed by atoms with van der Waals surface area (Å²) in [6, 6.07) is 23.3. The SMILES string of the molecule is CC(CN1CCCCC1)Oc1ccc(-c2ccc(C(=O)/C=C/c3ccc(Cl)cc3)cc2)cc1. The lowest BCUT2D eigenvalue weighted by atomic mass is 10.0. The van der Waals surface area contributed by atoms with E-state index in [1.54, 1.807) is 12.2 Å². The molecule has 1 fully saturated rings. The van der Waals surface area contributed by atoms with Crippen LogP contribution in [0.3, 0.4) is 0 Å². The predicted molar refractivity (Wildman–Crippen MR) is 137 cm³/mol. The third-order valence-electron chi connectivity index (χ3n) is 5.96. The molecule has 3 aromatic carbocycles. The third kappa shape index (κ3) is 6.80. The quantitative estimate of drug-likeness (QED) is 0.264. The van der Waals surface area contributed by atoms with Crippen LogP contribution in [-0.2, 0) is 0 Å². The van der Waals surface area contributed by atoms with Gasteiger partial charge in [0.15, 0.2) is 5.78 Å². The zero-order valence-corrected chi connectivity index (χ0v) is 19.8. The molecule has 1 atom stereocenters. The van der Waals surface area contributed by atoms with E-state index < -0.39 is 0 Å². The molecule has 0 bridgehead atoms. The Kier molecular flexibility index (Phi) is 7.98. The normalized spacial score (nSPS) is 15.5. The monoisotopic (exact) mass is 459 g/mol. The van der Waals surface area contributed by atoms with Crippen molar-refractivity contribution in [1.82, 2.24) is 4.90 Å². The van der Waals surface area contributed by atoms with Crippen LogP contribution in [-0.4, -0.2) is 36.4 Å². The molecular weight excluding hydrogens is 430 g/mol. The Hall–Kier alpha value is -2.88. The topological polar surface area (TPSA) is 29.5 Å². The van der Waals surface area contributed by atoms with Crippen molar-refractivity contribution in [2.75, 3.05) is 19.6 Å². The Balaban J connectivity index is 1.33. The molecule has 0 radical (unpaired) electrons. The van der Waals surface area contributed by atoms with Crippen LogP contribution in [0.4, 0.5) is 0 Å². The van der Waals surface area contributed by atoms with Gasteiger partial charge in [0.1, 0.15) is 11.9 Å². The predicted octanol–water partition coefficient (Wildman–Crippen LogP) is 7.16. The highest BCUT2D eigenvalue weighted by Gasteiger charge is 2.14. The van der Waals surface area contributed by atoms with Gasteiger partial charge in [-0.3, -0.25) is 9.69 Å². The Morgan fingerprint density at radius 1 is 0.909 bits per heavy atom. The summed E-state index contributed by atoms with van der Waals surface area (Å²) < 4.78 is 6.13. The maximum Gasteiger partial charge on any atom is 0.185 e. The number of rotatable bonds is 8. The molecule has 0 saturated carbocycles. The Labute approximate surface area is 201 Å². The van der Waals surface area contributed by atoms with Crippen LogP contribution in [0.1, 0.15) is 42.1 Å². The van der Waals surface area contributed by atoms with Gasteiger partial charge < -0.3 is 4.74 Å². The smallest absolute Gasteiger partial charge is 0.185 e. The molecule has 0 aliphatic carbocycles. The number of carbonyl (C=O) groups is 1. The lowest BCUT2D eigenvalue weighted by Crippen LogP contribution is -2.37. The molecule has 1 unspecified atom stereocenters. The molecule has 170 valence electrons. The van der Waals surface area contributed by atoms with Crippen molar-refractivity contribution in [3.63, 3.8) is 0 Å². The lowest BCUT2D eigenvalue weighted by molar-refractivity contribution is 0.104. The molecule has 1 aliphatic rings. The third-order valence-corrected chi connectivity index (χ3v) is 6.21. The van der Waals surface area contributed by atoms with E-state index in [1.807, 2.05) is 60.7 Å². The van der Waals surface area contributed by atoms with Gasteiger partial charge in [-0.15, -0.1) is 0 Å². The van der Waals surface area contributed by atoms with Crippen LogP contribution in [0, 0.1) is 0 Å². The zero-order chi connectivity index (χ0) is 23.0. The van der Waals surface area contributed by atoms with E-state index in [4.69, 9.17) is 16.3 Å². The summed E-state index contributed by atoms with van der Waals surface area (Å²) in [5.74, 6) is 0.866. The van der Waals surface area contributed by atoms with Gasteiger partial charge in [0, 0.05) is 17.1 Å². The lowest BCUT2D eigenvalue weighted by Gasteiger charge is -2.29. The summed E-state index contributed by atoms with van der Waals surface area (Å²) in [5.41, 5.74) is 3.77. The van der Waals surface area contributed by atoms with Crippen molar-refractivity contribution in [2.24, 2.45) is 0 Å². The molecule has 0 spiro atoms. The van der Waals surface area contributed by atoms with Gasteiger partial charge in [-0.2, -0.15) is 0 Å². The first kappa shape index (κ1) is 23.3. The van der Waals surface area contributed by atoms with E-state index in [-0.39, 0.29) is 11.9 Å². The number of ether oxygens (including phenoxy) is 1. The highest BCUT2D eigenvalue weighted by Crippen LogP contribution is 2.24. The molecule has 1 heterocycles. The largest absolute Gasteiger partial charge is 0.489 e. The van der Waals surface area contributed by atoms with Gasteiger partial charge in [0.25, 0.3) is 0 Å². The van der Waals surface area contributed by atoms with Crippen molar-refractivity contribution in [2.45, 2.75) is 32.3 Å². The molecule has 4 rings (SSSR count). The van der Waals surface area contributed by atoms with E-state index in [2.05, 4.69) is 24.0 Å². The Morgan fingerprint density at radius 2 is 1.52 bits per heavy atom. The molecule has 0 amide bonds. The van der Waals surface area contributed by atoms with Crippen LogP contribution in [0.15, 0.2) is 78.9 Å². The molecule has 4 heteroatoms. The van der Waals surface area contributed by atoms with Crippen LogP contribution >= 0.6 is 11.6 Å². The number of benzene rings is 3. The first-order valence-corrected chi connectivity index (χ1v) is 12.0. The summed E-state index contributed by atoms with van der Waals surface area (Å²) in [7, 11) is 0.